The van der Waals surface area contributed by atoms with E-state index in [1.807, 2.05) is 13.8 Å². The maximum Gasteiger partial charge on any atom is 0.256 e. The average molecular weight is 293 g/mol. The Morgan fingerprint density at radius 2 is 2.05 bits per heavy atom. The number of hydrogen-bond acceptors (Lipinski definition) is 4. The molecule has 6 nitrogen and oxygen atoms in total. The second-order valence-corrected chi connectivity index (χ2v) is 5.31. The number of anilines is 1. The van der Waals surface area contributed by atoms with Crippen LogP contribution >= 0.6 is 0 Å². The number of nitrogens with two attached hydrogens (primary N) is 1. The van der Waals surface area contributed by atoms with Gasteiger partial charge in [-0.05, 0) is 24.1 Å². The van der Waals surface area contributed by atoms with Gasteiger partial charge in [-0.25, -0.2) is 0 Å². The van der Waals surface area contributed by atoms with Crippen molar-refractivity contribution in [2.45, 2.75) is 13.8 Å². The van der Waals surface area contributed by atoms with Crippen molar-refractivity contribution < 1.29 is 14.3 Å². The van der Waals surface area contributed by atoms with Crippen LogP contribution < -0.4 is 15.8 Å². The number of methoxy groups -OCH3 is 1. The summed E-state index contributed by atoms with van der Waals surface area (Å²) in [5, 5.41) is 2.77. The number of nitrogens with zero attached hydrogens (tertiary/aromatic N) is 1. The van der Waals surface area contributed by atoms with E-state index in [1.165, 1.54) is 12.0 Å². The molecule has 0 spiro atoms. The number of likely N-dealkylation sites (N-methyl/N-ethyl adjacent to an activating group) is 1. The highest BCUT2D eigenvalue weighted by molar-refractivity contribution is 6.00. The lowest BCUT2D eigenvalue weighted by Gasteiger charge is -2.18. The normalized spacial score (nSPS) is 10.3. The number of nitrogens with one attached hydrogen (secondary N) is 1. The summed E-state index contributed by atoms with van der Waals surface area (Å²) in [7, 11) is 3.08. The number of amides is 2. The Bertz CT molecular complexity index is 515. The fourth-order valence-electron chi connectivity index (χ4n) is 1.71. The van der Waals surface area contributed by atoms with Gasteiger partial charge in [0, 0.05) is 19.3 Å². The summed E-state index contributed by atoms with van der Waals surface area (Å²) in [4.78, 5) is 25.4. The molecule has 1 aromatic rings. The molecule has 116 valence electrons. The standard InChI is InChI=1S/C15H23N3O3/c1-10(2)8-17-14(19)9-18(3)15(20)12-7-11(21-4)5-6-13(12)16/h5-7,10H,8-9,16H2,1-4H3,(H,17,19). The van der Waals surface area contributed by atoms with Gasteiger partial charge in [0.15, 0.2) is 0 Å². The van der Waals surface area contributed by atoms with Crippen molar-refractivity contribution in [1.29, 1.82) is 0 Å². The molecule has 0 radical (unpaired) electrons. The zero-order chi connectivity index (χ0) is 16.0. The lowest BCUT2D eigenvalue weighted by Crippen LogP contribution is -2.39. The minimum atomic E-state index is -0.314. The van der Waals surface area contributed by atoms with E-state index in [4.69, 9.17) is 10.5 Å². The van der Waals surface area contributed by atoms with Gasteiger partial charge in [0.1, 0.15) is 5.75 Å². The van der Waals surface area contributed by atoms with Gasteiger partial charge in [-0.15, -0.1) is 0 Å². The number of carbonyl (C=O) groups excluding carboxylic acids is 2. The monoisotopic (exact) mass is 293 g/mol. The summed E-state index contributed by atoms with van der Waals surface area (Å²) in [6.07, 6.45) is 0. The van der Waals surface area contributed by atoms with Crippen LogP contribution in [0.5, 0.6) is 5.75 Å². The molecule has 1 aromatic carbocycles. The van der Waals surface area contributed by atoms with E-state index in [0.717, 1.165) is 0 Å². The van der Waals surface area contributed by atoms with E-state index >= 15 is 0 Å². The Balaban J connectivity index is 2.72. The van der Waals surface area contributed by atoms with Gasteiger partial charge in [0.25, 0.3) is 5.91 Å². The maximum atomic E-state index is 12.3. The van der Waals surface area contributed by atoms with Gasteiger partial charge in [0.05, 0.1) is 19.2 Å². The predicted molar refractivity (Wildman–Crippen MR) is 82.2 cm³/mol. The first-order valence-electron chi connectivity index (χ1n) is 6.80. The van der Waals surface area contributed by atoms with Crippen LogP contribution in [0.15, 0.2) is 18.2 Å². The van der Waals surface area contributed by atoms with E-state index < -0.39 is 0 Å². The SMILES string of the molecule is COc1ccc(N)c(C(=O)N(C)CC(=O)NCC(C)C)c1. The molecule has 0 bridgehead atoms. The molecular weight excluding hydrogens is 270 g/mol. The molecule has 0 aromatic heterocycles. The zero-order valence-electron chi connectivity index (χ0n) is 13.0. The second-order valence-electron chi connectivity index (χ2n) is 5.31. The predicted octanol–water partition coefficient (Wildman–Crippen LogP) is 1.12. The third-order valence-corrected chi connectivity index (χ3v) is 2.93. The highest BCUT2D eigenvalue weighted by atomic mass is 16.5. The summed E-state index contributed by atoms with van der Waals surface area (Å²) in [6, 6.07) is 4.86. The van der Waals surface area contributed by atoms with Crippen LogP contribution in [0.3, 0.4) is 0 Å². The van der Waals surface area contributed by atoms with E-state index in [-0.39, 0.29) is 18.4 Å². The van der Waals surface area contributed by atoms with Gasteiger partial charge in [-0.2, -0.15) is 0 Å². The van der Waals surface area contributed by atoms with Gasteiger partial charge in [0.2, 0.25) is 5.91 Å². The molecule has 0 atom stereocenters. The summed E-state index contributed by atoms with van der Waals surface area (Å²) in [5.74, 6) is 0.404. The maximum absolute atomic E-state index is 12.3. The van der Waals surface area contributed by atoms with E-state index in [9.17, 15) is 9.59 Å². The van der Waals surface area contributed by atoms with Crippen molar-refractivity contribution in [3.8, 4) is 5.75 Å². The molecule has 0 saturated heterocycles. The molecule has 2 amide bonds. The minimum Gasteiger partial charge on any atom is -0.497 e. The van der Waals surface area contributed by atoms with Crippen LogP contribution in [0, 0.1) is 5.92 Å². The molecule has 0 unspecified atom stereocenters. The van der Waals surface area contributed by atoms with Gasteiger partial charge < -0.3 is 20.7 Å². The van der Waals surface area contributed by atoms with Crippen LogP contribution in [0.25, 0.3) is 0 Å². The summed E-state index contributed by atoms with van der Waals surface area (Å²) < 4.78 is 5.08. The molecule has 3 N–H and O–H groups in total. The smallest absolute Gasteiger partial charge is 0.256 e. The fraction of sp³-hybridized carbons (Fsp3) is 0.467. The van der Waals surface area contributed by atoms with Crippen molar-refractivity contribution in [3.63, 3.8) is 0 Å². The lowest BCUT2D eigenvalue weighted by molar-refractivity contribution is -0.121. The quantitative estimate of drug-likeness (QED) is 0.770. The molecule has 0 aliphatic heterocycles. The van der Waals surface area contributed by atoms with Gasteiger partial charge >= 0.3 is 0 Å². The summed E-state index contributed by atoms with van der Waals surface area (Å²) in [6.45, 7) is 4.59. The Labute approximate surface area is 125 Å². The number of benzene rings is 1. The molecule has 0 aliphatic carbocycles. The second kappa shape index (κ2) is 7.52. The number of carbonyl (C=O) groups is 2. The van der Waals surface area contributed by atoms with Crippen LogP contribution in [0.4, 0.5) is 5.69 Å². The molecular formula is C15H23N3O3. The fourth-order valence-corrected chi connectivity index (χ4v) is 1.71. The highest BCUT2D eigenvalue weighted by Crippen LogP contribution is 2.20. The van der Waals surface area contributed by atoms with Crippen LogP contribution in [-0.2, 0) is 4.79 Å². The third kappa shape index (κ3) is 4.98. The van der Waals surface area contributed by atoms with Gasteiger partial charge in [-0.3, -0.25) is 9.59 Å². The van der Waals surface area contributed by atoms with E-state index in [2.05, 4.69) is 5.32 Å². The zero-order valence-corrected chi connectivity index (χ0v) is 13.0. The van der Waals surface area contributed by atoms with Crippen molar-refractivity contribution in [2.75, 3.05) is 33.0 Å². The number of nitrogen functional groups attached to an aromatic ring is 1. The van der Waals surface area contributed by atoms with Crippen LogP contribution in [0.2, 0.25) is 0 Å². The average Bonchev–Trinajstić information content (AvgIpc) is 2.44. The Hall–Kier alpha value is -2.24. The summed E-state index contributed by atoms with van der Waals surface area (Å²) in [5.41, 5.74) is 6.49. The molecule has 0 saturated carbocycles. The first-order valence-corrected chi connectivity index (χ1v) is 6.80. The van der Waals surface area contributed by atoms with Crippen molar-refractivity contribution in [2.24, 2.45) is 5.92 Å². The summed E-state index contributed by atoms with van der Waals surface area (Å²) >= 11 is 0. The van der Waals surface area contributed by atoms with E-state index in [1.54, 1.807) is 25.2 Å². The van der Waals surface area contributed by atoms with Crippen molar-refractivity contribution in [3.05, 3.63) is 23.8 Å². The molecule has 0 heterocycles. The molecule has 6 heteroatoms. The number of ether oxygens (including phenoxy) is 1. The van der Waals surface area contributed by atoms with Crippen LogP contribution in [0.1, 0.15) is 24.2 Å². The van der Waals surface area contributed by atoms with E-state index in [0.29, 0.717) is 29.5 Å². The Morgan fingerprint density at radius 1 is 1.38 bits per heavy atom. The number of hydrogen-bond donors (Lipinski definition) is 2. The highest BCUT2D eigenvalue weighted by Gasteiger charge is 2.18. The van der Waals surface area contributed by atoms with Crippen molar-refractivity contribution in [1.82, 2.24) is 10.2 Å². The first-order chi connectivity index (χ1) is 9.85. The minimum absolute atomic E-state index is 0.0117. The number of rotatable bonds is 6. The Morgan fingerprint density at radius 3 is 2.62 bits per heavy atom. The topological polar surface area (TPSA) is 84.7 Å². The largest absolute Gasteiger partial charge is 0.497 e. The molecule has 0 aliphatic rings. The molecule has 0 fully saturated rings. The molecule has 21 heavy (non-hydrogen) atoms. The molecule has 1 rings (SSSR count). The van der Waals surface area contributed by atoms with Crippen molar-refractivity contribution >= 4 is 17.5 Å². The first kappa shape index (κ1) is 16.8. The lowest BCUT2D eigenvalue weighted by atomic mass is 10.1. The van der Waals surface area contributed by atoms with Gasteiger partial charge in [-0.1, -0.05) is 13.8 Å². The van der Waals surface area contributed by atoms with Crippen LogP contribution in [-0.4, -0.2) is 44.0 Å². The third-order valence-electron chi connectivity index (χ3n) is 2.93. The Kier molecular flexibility index (Phi) is 6.02.